The lowest BCUT2D eigenvalue weighted by Crippen LogP contribution is -2.55. The molecule has 0 spiro atoms. The molecule has 0 aromatic heterocycles. The van der Waals surface area contributed by atoms with E-state index >= 15 is 0 Å². The Balaban J connectivity index is 2.55. The summed E-state index contributed by atoms with van der Waals surface area (Å²) in [5, 5.41) is 11.4. The third kappa shape index (κ3) is 3.89. The molecule has 1 atom stereocenters. The number of amides is 2. The lowest BCUT2D eigenvalue weighted by Gasteiger charge is -2.38. The Kier molecular flexibility index (Phi) is 4.34. The maximum Gasteiger partial charge on any atom is 0.326 e. The monoisotopic (exact) mass is 244 g/mol. The van der Waals surface area contributed by atoms with Crippen molar-refractivity contribution < 1.29 is 19.4 Å². The summed E-state index contributed by atoms with van der Waals surface area (Å²) in [6, 6.07) is -1.16. The second kappa shape index (κ2) is 5.35. The van der Waals surface area contributed by atoms with Crippen LogP contribution in [0.3, 0.4) is 0 Å². The van der Waals surface area contributed by atoms with Crippen LogP contribution in [-0.4, -0.2) is 53.3 Å². The summed E-state index contributed by atoms with van der Waals surface area (Å²) >= 11 is 0. The van der Waals surface area contributed by atoms with Gasteiger partial charge in [-0.05, 0) is 20.3 Å². The minimum atomic E-state index is -1.01. The summed E-state index contributed by atoms with van der Waals surface area (Å²) in [7, 11) is 0. The first-order valence-electron chi connectivity index (χ1n) is 5.78. The third-order valence-electron chi connectivity index (χ3n) is 2.72. The number of ether oxygens (including phenoxy) is 1. The molecular formula is C11H20N2O4. The number of nitrogens with zero attached hydrogens (tertiary/aromatic N) is 1. The van der Waals surface area contributed by atoms with Gasteiger partial charge in [-0.3, -0.25) is 0 Å². The van der Waals surface area contributed by atoms with E-state index in [9.17, 15) is 9.59 Å². The van der Waals surface area contributed by atoms with Crippen molar-refractivity contribution in [2.45, 2.75) is 38.8 Å². The van der Waals surface area contributed by atoms with E-state index in [1.54, 1.807) is 11.8 Å². The SMILES string of the molecule is CCC(NC(=O)N1CCOC(C)(C)C1)C(=O)O. The highest BCUT2D eigenvalue weighted by molar-refractivity contribution is 5.82. The maximum atomic E-state index is 11.9. The van der Waals surface area contributed by atoms with Crippen LogP contribution in [0.25, 0.3) is 0 Å². The fourth-order valence-corrected chi connectivity index (χ4v) is 1.77. The Morgan fingerprint density at radius 2 is 2.18 bits per heavy atom. The predicted octanol–water partition coefficient (Wildman–Crippen LogP) is 0.670. The van der Waals surface area contributed by atoms with Crippen LogP contribution in [0.5, 0.6) is 0 Å². The largest absolute Gasteiger partial charge is 0.480 e. The highest BCUT2D eigenvalue weighted by Crippen LogP contribution is 2.16. The number of rotatable bonds is 3. The average Bonchev–Trinajstić information content (AvgIpc) is 2.23. The fraction of sp³-hybridized carbons (Fsp3) is 0.818. The summed E-state index contributed by atoms with van der Waals surface area (Å²) in [6.45, 7) is 6.97. The smallest absolute Gasteiger partial charge is 0.326 e. The van der Waals surface area contributed by atoms with Crippen molar-refractivity contribution in [1.29, 1.82) is 0 Å². The number of urea groups is 1. The summed E-state index contributed by atoms with van der Waals surface area (Å²) in [4.78, 5) is 24.3. The summed E-state index contributed by atoms with van der Waals surface area (Å²) in [5.41, 5.74) is -0.374. The van der Waals surface area contributed by atoms with Gasteiger partial charge in [0.15, 0.2) is 0 Å². The van der Waals surface area contributed by atoms with Crippen molar-refractivity contribution in [3.8, 4) is 0 Å². The molecule has 1 fully saturated rings. The number of morpholine rings is 1. The van der Waals surface area contributed by atoms with Gasteiger partial charge in [-0.2, -0.15) is 0 Å². The van der Waals surface area contributed by atoms with E-state index in [4.69, 9.17) is 9.84 Å². The fourth-order valence-electron chi connectivity index (χ4n) is 1.77. The van der Waals surface area contributed by atoms with Gasteiger partial charge in [0.1, 0.15) is 6.04 Å². The van der Waals surface area contributed by atoms with Gasteiger partial charge in [-0.15, -0.1) is 0 Å². The van der Waals surface area contributed by atoms with Crippen LogP contribution in [0.15, 0.2) is 0 Å². The van der Waals surface area contributed by atoms with Crippen molar-refractivity contribution >= 4 is 12.0 Å². The Morgan fingerprint density at radius 3 is 2.65 bits per heavy atom. The molecule has 17 heavy (non-hydrogen) atoms. The number of carboxylic acid groups (broad SMARTS) is 1. The second-order valence-electron chi connectivity index (χ2n) is 4.78. The molecule has 6 nitrogen and oxygen atoms in total. The molecule has 1 saturated heterocycles. The molecule has 1 heterocycles. The van der Waals surface area contributed by atoms with Crippen molar-refractivity contribution in [3.63, 3.8) is 0 Å². The van der Waals surface area contributed by atoms with Crippen molar-refractivity contribution in [2.24, 2.45) is 0 Å². The second-order valence-corrected chi connectivity index (χ2v) is 4.78. The van der Waals surface area contributed by atoms with Gasteiger partial charge in [0, 0.05) is 6.54 Å². The molecule has 2 N–H and O–H groups in total. The normalized spacial score (nSPS) is 20.8. The van der Waals surface area contributed by atoms with Crippen molar-refractivity contribution in [1.82, 2.24) is 10.2 Å². The first-order chi connectivity index (χ1) is 7.85. The average molecular weight is 244 g/mol. The molecular weight excluding hydrogens is 224 g/mol. The molecule has 0 radical (unpaired) electrons. The number of hydrogen-bond donors (Lipinski definition) is 2. The van der Waals surface area contributed by atoms with E-state index in [1.807, 2.05) is 13.8 Å². The topological polar surface area (TPSA) is 78.9 Å². The molecule has 0 aliphatic carbocycles. The molecule has 2 amide bonds. The van der Waals surface area contributed by atoms with Gasteiger partial charge in [-0.1, -0.05) is 6.92 Å². The zero-order valence-corrected chi connectivity index (χ0v) is 10.5. The summed E-state index contributed by atoms with van der Waals surface area (Å²) < 4.78 is 5.49. The molecule has 6 heteroatoms. The van der Waals surface area contributed by atoms with Gasteiger partial charge in [0.05, 0.1) is 18.8 Å². The predicted molar refractivity (Wildman–Crippen MR) is 61.9 cm³/mol. The van der Waals surface area contributed by atoms with Crippen LogP contribution in [0.2, 0.25) is 0 Å². The molecule has 1 aliphatic heterocycles. The van der Waals surface area contributed by atoms with Gasteiger partial charge in [0.2, 0.25) is 0 Å². The number of carbonyl (C=O) groups is 2. The van der Waals surface area contributed by atoms with Crippen molar-refractivity contribution in [2.75, 3.05) is 19.7 Å². The molecule has 1 rings (SSSR count). The molecule has 0 saturated carbocycles. The van der Waals surface area contributed by atoms with E-state index in [1.165, 1.54) is 0 Å². The van der Waals surface area contributed by atoms with E-state index in [2.05, 4.69) is 5.32 Å². The van der Waals surface area contributed by atoms with Crippen molar-refractivity contribution in [3.05, 3.63) is 0 Å². The number of carboxylic acids is 1. The maximum absolute atomic E-state index is 11.9. The molecule has 98 valence electrons. The standard InChI is InChI=1S/C11H20N2O4/c1-4-8(9(14)15)12-10(16)13-5-6-17-11(2,3)7-13/h8H,4-7H2,1-3H3,(H,12,16)(H,14,15). The molecule has 0 bridgehead atoms. The molecule has 1 unspecified atom stereocenters. The summed E-state index contributed by atoms with van der Waals surface area (Å²) in [5.74, 6) is -1.01. The Bertz CT molecular complexity index is 304. The van der Waals surface area contributed by atoms with Crippen LogP contribution < -0.4 is 5.32 Å². The van der Waals surface area contributed by atoms with Gasteiger partial charge < -0.3 is 20.1 Å². The van der Waals surface area contributed by atoms with E-state index in [0.29, 0.717) is 26.1 Å². The first kappa shape index (κ1) is 13.8. The molecule has 0 aromatic rings. The highest BCUT2D eigenvalue weighted by atomic mass is 16.5. The van der Waals surface area contributed by atoms with E-state index in [-0.39, 0.29) is 11.6 Å². The Morgan fingerprint density at radius 1 is 1.53 bits per heavy atom. The lowest BCUT2D eigenvalue weighted by molar-refractivity contribution is -0.139. The third-order valence-corrected chi connectivity index (χ3v) is 2.72. The quantitative estimate of drug-likeness (QED) is 0.764. The number of hydrogen-bond acceptors (Lipinski definition) is 3. The Hall–Kier alpha value is -1.30. The molecule has 0 aromatic carbocycles. The van der Waals surface area contributed by atoms with E-state index in [0.717, 1.165) is 0 Å². The zero-order chi connectivity index (χ0) is 13.1. The minimum Gasteiger partial charge on any atom is -0.480 e. The Labute approximate surface area is 101 Å². The molecule has 1 aliphatic rings. The first-order valence-corrected chi connectivity index (χ1v) is 5.78. The lowest BCUT2D eigenvalue weighted by atomic mass is 10.1. The number of aliphatic carboxylic acids is 1. The number of nitrogens with one attached hydrogen (secondary N) is 1. The van der Waals surface area contributed by atoms with Crippen LogP contribution in [0.1, 0.15) is 27.2 Å². The van der Waals surface area contributed by atoms with Gasteiger partial charge in [0.25, 0.3) is 0 Å². The highest BCUT2D eigenvalue weighted by Gasteiger charge is 2.31. The van der Waals surface area contributed by atoms with Crippen LogP contribution in [0.4, 0.5) is 4.79 Å². The summed E-state index contributed by atoms with van der Waals surface area (Å²) in [6.07, 6.45) is 0.370. The van der Waals surface area contributed by atoms with Crippen LogP contribution in [0, 0.1) is 0 Å². The van der Waals surface area contributed by atoms with Gasteiger partial charge >= 0.3 is 12.0 Å². The number of carbonyl (C=O) groups excluding carboxylic acids is 1. The van der Waals surface area contributed by atoms with E-state index < -0.39 is 12.0 Å². The van der Waals surface area contributed by atoms with Crippen LogP contribution in [-0.2, 0) is 9.53 Å². The van der Waals surface area contributed by atoms with Crippen LogP contribution >= 0.6 is 0 Å². The van der Waals surface area contributed by atoms with Gasteiger partial charge in [-0.25, -0.2) is 9.59 Å². The minimum absolute atomic E-state index is 0.337. The zero-order valence-electron chi connectivity index (χ0n) is 10.5.